The van der Waals surface area contributed by atoms with Gasteiger partial charge >= 0.3 is 0 Å². The number of carbonyl (C=O) groups excluding carboxylic acids is 2. The summed E-state index contributed by atoms with van der Waals surface area (Å²) in [6.07, 6.45) is 0. The average molecular weight is 342 g/mol. The molecule has 1 fully saturated rings. The Morgan fingerprint density at radius 3 is 2.60 bits per heavy atom. The normalized spacial score (nSPS) is 15.2. The van der Waals surface area contributed by atoms with Gasteiger partial charge in [0.1, 0.15) is 0 Å². The predicted octanol–water partition coefficient (Wildman–Crippen LogP) is 1.90. The van der Waals surface area contributed by atoms with Crippen molar-refractivity contribution in [3.05, 3.63) is 47.3 Å². The molecule has 1 aromatic carbocycles. The Labute approximate surface area is 146 Å². The minimum Gasteiger partial charge on any atom is -0.351 e. The molecular weight excluding hydrogens is 320 g/mol. The first kappa shape index (κ1) is 17.2. The number of aromatic nitrogens is 1. The minimum absolute atomic E-state index is 0.131. The van der Waals surface area contributed by atoms with Crippen molar-refractivity contribution in [1.29, 1.82) is 0 Å². The molecule has 25 heavy (non-hydrogen) atoms. The third-order valence-electron chi connectivity index (χ3n) is 4.26. The second-order valence-electron chi connectivity index (χ2n) is 6.27. The predicted molar refractivity (Wildman–Crippen MR) is 93.2 cm³/mol. The zero-order chi connectivity index (χ0) is 17.8. The number of anilines is 1. The van der Waals surface area contributed by atoms with Crippen LogP contribution in [0.15, 0.2) is 34.9 Å². The maximum Gasteiger partial charge on any atom is 0.294 e. The summed E-state index contributed by atoms with van der Waals surface area (Å²) in [5, 5.41) is 6.55. The van der Waals surface area contributed by atoms with Crippen LogP contribution in [-0.4, -0.2) is 52.9 Å². The Kier molecular flexibility index (Phi) is 5.14. The van der Waals surface area contributed by atoms with Crippen LogP contribution in [0.2, 0.25) is 0 Å². The monoisotopic (exact) mass is 342 g/mol. The number of amides is 2. The van der Waals surface area contributed by atoms with Crippen molar-refractivity contribution < 1.29 is 14.1 Å². The number of hydrogen-bond acceptors (Lipinski definition) is 5. The lowest BCUT2D eigenvalue weighted by molar-refractivity contribution is -0.130. The van der Waals surface area contributed by atoms with E-state index in [9.17, 15) is 9.59 Å². The van der Waals surface area contributed by atoms with Crippen molar-refractivity contribution >= 4 is 17.5 Å². The second kappa shape index (κ2) is 7.48. The van der Waals surface area contributed by atoms with E-state index in [1.165, 1.54) is 0 Å². The quantitative estimate of drug-likeness (QED) is 0.918. The zero-order valence-corrected chi connectivity index (χ0v) is 14.5. The lowest BCUT2D eigenvalue weighted by Crippen LogP contribution is -2.47. The van der Waals surface area contributed by atoms with Gasteiger partial charge in [-0.2, -0.15) is 0 Å². The summed E-state index contributed by atoms with van der Waals surface area (Å²) in [6.45, 7) is 7.40. The summed E-state index contributed by atoms with van der Waals surface area (Å²) in [7, 11) is 0. The molecule has 1 aliphatic rings. The van der Waals surface area contributed by atoms with Gasteiger partial charge in [-0.15, -0.1) is 0 Å². The molecule has 1 aliphatic heterocycles. The van der Waals surface area contributed by atoms with Gasteiger partial charge in [-0.25, -0.2) is 0 Å². The van der Waals surface area contributed by atoms with Gasteiger partial charge in [0.2, 0.25) is 11.7 Å². The smallest absolute Gasteiger partial charge is 0.294 e. The number of aryl methyl sites for hydroxylation is 1. The third kappa shape index (κ3) is 4.45. The summed E-state index contributed by atoms with van der Waals surface area (Å²) < 4.78 is 4.98. The van der Waals surface area contributed by atoms with E-state index in [0.717, 1.165) is 44.0 Å². The van der Waals surface area contributed by atoms with Gasteiger partial charge in [-0.1, -0.05) is 17.3 Å². The highest BCUT2D eigenvalue weighted by Crippen LogP contribution is 2.15. The first-order valence-corrected chi connectivity index (χ1v) is 8.33. The molecule has 0 radical (unpaired) electrons. The molecule has 2 aromatic rings. The number of rotatable bonds is 4. The molecule has 2 heterocycles. The van der Waals surface area contributed by atoms with E-state index in [1.54, 1.807) is 19.9 Å². The van der Waals surface area contributed by atoms with Crippen LogP contribution in [0.5, 0.6) is 0 Å². The van der Waals surface area contributed by atoms with Crippen molar-refractivity contribution in [1.82, 2.24) is 15.0 Å². The van der Waals surface area contributed by atoms with Crippen LogP contribution in [0.25, 0.3) is 0 Å². The van der Waals surface area contributed by atoms with Crippen LogP contribution >= 0.6 is 0 Å². The summed E-state index contributed by atoms with van der Waals surface area (Å²) in [4.78, 5) is 27.7. The molecule has 7 heteroatoms. The Hall–Kier alpha value is -2.67. The molecule has 0 spiro atoms. The fraction of sp³-hybridized carbons (Fsp3) is 0.389. The van der Waals surface area contributed by atoms with Gasteiger partial charge < -0.3 is 14.7 Å². The summed E-state index contributed by atoms with van der Waals surface area (Å²) in [5.41, 5.74) is 2.50. The van der Waals surface area contributed by atoms with E-state index >= 15 is 0 Å². The highest BCUT2D eigenvalue weighted by molar-refractivity contribution is 6.02. The number of benzene rings is 1. The number of hydrogen-bond donors (Lipinski definition) is 1. The fourth-order valence-electron chi connectivity index (χ4n) is 2.89. The second-order valence-corrected chi connectivity index (χ2v) is 6.27. The SMILES string of the molecule is CC(=O)N1CCN(Cc2cccc(NC(=O)c3cc(C)no3)c2)CC1. The van der Waals surface area contributed by atoms with Crippen LogP contribution in [0, 0.1) is 6.92 Å². The van der Waals surface area contributed by atoms with Crippen LogP contribution in [0.1, 0.15) is 28.7 Å². The third-order valence-corrected chi connectivity index (χ3v) is 4.26. The molecule has 0 bridgehead atoms. The molecule has 1 saturated heterocycles. The summed E-state index contributed by atoms with van der Waals surface area (Å²) in [5.74, 6) is 0.0168. The highest BCUT2D eigenvalue weighted by Gasteiger charge is 2.18. The minimum atomic E-state index is -0.312. The lowest BCUT2D eigenvalue weighted by atomic mass is 10.1. The highest BCUT2D eigenvalue weighted by atomic mass is 16.5. The largest absolute Gasteiger partial charge is 0.351 e. The molecule has 1 aromatic heterocycles. The number of piperazine rings is 1. The number of carbonyl (C=O) groups is 2. The van der Waals surface area contributed by atoms with E-state index in [2.05, 4.69) is 15.4 Å². The molecule has 0 aliphatic carbocycles. The Morgan fingerprint density at radius 2 is 1.96 bits per heavy atom. The van der Waals surface area contributed by atoms with Crippen LogP contribution in [0.4, 0.5) is 5.69 Å². The molecule has 0 atom stereocenters. The van der Waals surface area contributed by atoms with E-state index in [1.807, 2.05) is 29.2 Å². The van der Waals surface area contributed by atoms with E-state index < -0.39 is 0 Å². The molecule has 132 valence electrons. The molecule has 7 nitrogen and oxygen atoms in total. The Balaban J connectivity index is 1.58. The van der Waals surface area contributed by atoms with Gasteiger partial charge in [0.05, 0.1) is 5.69 Å². The van der Waals surface area contributed by atoms with E-state index in [-0.39, 0.29) is 17.6 Å². The van der Waals surface area contributed by atoms with Gasteiger partial charge in [0, 0.05) is 51.4 Å². The van der Waals surface area contributed by atoms with Crippen LogP contribution in [0.3, 0.4) is 0 Å². The summed E-state index contributed by atoms with van der Waals surface area (Å²) in [6, 6.07) is 9.36. The first-order valence-electron chi connectivity index (χ1n) is 8.33. The fourth-order valence-corrected chi connectivity index (χ4v) is 2.89. The molecule has 0 unspecified atom stereocenters. The molecule has 0 saturated carbocycles. The summed E-state index contributed by atoms with van der Waals surface area (Å²) >= 11 is 0. The van der Waals surface area contributed by atoms with Gasteiger partial charge in [0.25, 0.3) is 5.91 Å². The van der Waals surface area contributed by atoms with E-state index in [4.69, 9.17) is 4.52 Å². The van der Waals surface area contributed by atoms with Crippen molar-refractivity contribution in [2.24, 2.45) is 0 Å². The molecule has 2 amide bonds. The maximum atomic E-state index is 12.1. The molecule has 3 rings (SSSR count). The maximum absolute atomic E-state index is 12.1. The van der Waals surface area contributed by atoms with Gasteiger partial charge in [0.15, 0.2) is 0 Å². The molecule has 1 N–H and O–H groups in total. The van der Waals surface area contributed by atoms with Gasteiger partial charge in [-0.3, -0.25) is 14.5 Å². The zero-order valence-electron chi connectivity index (χ0n) is 14.5. The van der Waals surface area contributed by atoms with Crippen molar-refractivity contribution in [3.8, 4) is 0 Å². The first-order chi connectivity index (χ1) is 12.0. The van der Waals surface area contributed by atoms with Crippen molar-refractivity contribution in [2.45, 2.75) is 20.4 Å². The Morgan fingerprint density at radius 1 is 1.20 bits per heavy atom. The van der Waals surface area contributed by atoms with Crippen molar-refractivity contribution in [3.63, 3.8) is 0 Å². The number of nitrogens with zero attached hydrogens (tertiary/aromatic N) is 3. The van der Waals surface area contributed by atoms with E-state index in [0.29, 0.717) is 5.69 Å². The Bertz CT molecular complexity index is 763. The number of nitrogens with one attached hydrogen (secondary N) is 1. The standard InChI is InChI=1S/C18H22N4O3/c1-13-10-17(25-20-13)18(24)19-16-5-3-4-15(11-16)12-21-6-8-22(9-7-21)14(2)23/h3-5,10-11H,6-9,12H2,1-2H3,(H,19,24). The van der Waals surface area contributed by atoms with Crippen LogP contribution < -0.4 is 5.32 Å². The van der Waals surface area contributed by atoms with Gasteiger partial charge in [-0.05, 0) is 24.6 Å². The lowest BCUT2D eigenvalue weighted by Gasteiger charge is -2.34. The average Bonchev–Trinajstić information content (AvgIpc) is 3.02. The van der Waals surface area contributed by atoms with Crippen LogP contribution in [-0.2, 0) is 11.3 Å². The topological polar surface area (TPSA) is 78.7 Å². The van der Waals surface area contributed by atoms with Crippen molar-refractivity contribution in [2.75, 3.05) is 31.5 Å². The molecular formula is C18H22N4O3.